The molecule has 0 bridgehead atoms. The Kier molecular flexibility index (Phi) is 4.89. The van der Waals surface area contributed by atoms with Gasteiger partial charge in [-0.25, -0.2) is 0 Å². The highest BCUT2D eigenvalue weighted by atomic mass is 15.1. The molecule has 1 aromatic heterocycles. The van der Waals surface area contributed by atoms with Crippen molar-refractivity contribution in [1.82, 2.24) is 10.2 Å². The Balaban J connectivity index is 1.93. The van der Waals surface area contributed by atoms with Crippen molar-refractivity contribution >= 4 is 11.8 Å². The van der Waals surface area contributed by atoms with E-state index in [1.54, 1.807) is 0 Å². The van der Waals surface area contributed by atoms with Gasteiger partial charge in [-0.15, -0.1) is 0 Å². The highest BCUT2D eigenvalue weighted by Crippen LogP contribution is 2.03. The number of H-pyrrole nitrogens is 1. The zero-order chi connectivity index (χ0) is 14.2. The van der Waals surface area contributed by atoms with Crippen molar-refractivity contribution in [1.29, 1.82) is 0 Å². The third-order valence-electron chi connectivity index (χ3n) is 2.78. The van der Waals surface area contributed by atoms with Gasteiger partial charge in [-0.05, 0) is 24.6 Å². The monoisotopic (exact) mass is 266 g/mol. The highest BCUT2D eigenvalue weighted by Gasteiger charge is 2.01. The van der Waals surface area contributed by atoms with Gasteiger partial charge in [-0.2, -0.15) is 10.2 Å². The van der Waals surface area contributed by atoms with E-state index >= 15 is 0 Å². The second-order valence-electron chi connectivity index (χ2n) is 4.47. The molecule has 2 aromatic rings. The molecule has 1 heterocycles. The van der Waals surface area contributed by atoms with Crippen LogP contribution in [0.2, 0.25) is 0 Å². The van der Waals surface area contributed by atoms with Crippen molar-refractivity contribution in [3.05, 3.63) is 71.6 Å². The first-order valence-corrected chi connectivity index (χ1v) is 6.45. The number of aromatic amines is 1. The Morgan fingerprint density at radius 2 is 2.10 bits per heavy atom. The van der Waals surface area contributed by atoms with Crippen LogP contribution in [0.1, 0.15) is 17.0 Å². The molecule has 4 heteroatoms. The number of aromatic nitrogens is 2. The molecular formula is C16H18N4. The number of aryl methyl sites for hydroxylation is 1. The fourth-order valence-corrected chi connectivity index (χ4v) is 1.80. The molecule has 0 unspecified atom stereocenters. The summed E-state index contributed by atoms with van der Waals surface area (Å²) >= 11 is 0. The maximum atomic E-state index is 5.40. The topological polar surface area (TPSA) is 67.1 Å². The van der Waals surface area contributed by atoms with Gasteiger partial charge in [-0.1, -0.05) is 48.6 Å². The Morgan fingerprint density at radius 1 is 1.30 bits per heavy atom. The normalized spacial score (nSPS) is 12.6. The smallest absolute Gasteiger partial charge is 0.0685 e. The predicted molar refractivity (Wildman–Crippen MR) is 83.3 cm³/mol. The molecule has 3 N–H and O–H groups in total. The van der Waals surface area contributed by atoms with Crippen LogP contribution in [0.5, 0.6) is 0 Å². The minimum absolute atomic E-state index is 0.622. The summed E-state index contributed by atoms with van der Waals surface area (Å²) in [6, 6.07) is 12.1. The summed E-state index contributed by atoms with van der Waals surface area (Å²) in [7, 11) is 0. The van der Waals surface area contributed by atoms with E-state index in [0.717, 1.165) is 22.7 Å². The zero-order valence-electron chi connectivity index (χ0n) is 11.5. The van der Waals surface area contributed by atoms with E-state index in [1.807, 2.05) is 55.5 Å². The Bertz CT molecular complexity index is 621. The first-order valence-electron chi connectivity index (χ1n) is 6.45. The lowest BCUT2D eigenvalue weighted by Crippen LogP contribution is -2.03. The number of rotatable bonds is 5. The van der Waals surface area contributed by atoms with Gasteiger partial charge in [0.2, 0.25) is 0 Å². The average Bonchev–Trinajstić information content (AvgIpc) is 2.88. The number of nitrogens with two attached hydrogens (primary N) is 1. The molecule has 0 amide bonds. The first-order chi connectivity index (χ1) is 9.78. The van der Waals surface area contributed by atoms with E-state index in [2.05, 4.69) is 27.4 Å². The van der Waals surface area contributed by atoms with Crippen LogP contribution in [0.25, 0.3) is 6.08 Å². The number of hydrogen-bond donors (Lipinski definition) is 2. The molecule has 0 aliphatic carbocycles. The van der Waals surface area contributed by atoms with Crippen molar-refractivity contribution < 1.29 is 0 Å². The molecule has 20 heavy (non-hydrogen) atoms. The maximum Gasteiger partial charge on any atom is 0.0685 e. The summed E-state index contributed by atoms with van der Waals surface area (Å²) in [4.78, 5) is 0. The second kappa shape index (κ2) is 7.09. The summed E-state index contributed by atoms with van der Waals surface area (Å²) in [6.45, 7) is 1.97. The molecule has 0 aliphatic rings. The van der Waals surface area contributed by atoms with Gasteiger partial charge < -0.3 is 5.84 Å². The van der Waals surface area contributed by atoms with Gasteiger partial charge in [0, 0.05) is 12.1 Å². The summed E-state index contributed by atoms with van der Waals surface area (Å²) in [5.41, 5.74) is 3.91. The fraction of sp³-hybridized carbons (Fsp3) is 0.125. The lowest BCUT2D eigenvalue weighted by molar-refractivity contribution is 0.998. The maximum absolute atomic E-state index is 5.40. The van der Waals surface area contributed by atoms with Crippen LogP contribution in [-0.4, -0.2) is 15.9 Å². The van der Waals surface area contributed by atoms with Crippen molar-refractivity contribution in [3.63, 3.8) is 0 Å². The molecule has 0 saturated heterocycles. The van der Waals surface area contributed by atoms with E-state index < -0.39 is 0 Å². The van der Waals surface area contributed by atoms with Crippen molar-refractivity contribution in [2.24, 2.45) is 10.9 Å². The van der Waals surface area contributed by atoms with E-state index in [0.29, 0.717) is 6.42 Å². The van der Waals surface area contributed by atoms with Crippen LogP contribution in [0.15, 0.2) is 59.7 Å². The molecule has 4 nitrogen and oxygen atoms in total. The van der Waals surface area contributed by atoms with Gasteiger partial charge >= 0.3 is 0 Å². The van der Waals surface area contributed by atoms with E-state index in [-0.39, 0.29) is 0 Å². The fourth-order valence-electron chi connectivity index (χ4n) is 1.80. The third-order valence-corrected chi connectivity index (χ3v) is 2.78. The van der Waals surface area contributed by atoms with Crippen molar-refractivity contribution in [2.75, 3.05) is 0 Å². The van der Waals surface area contributed by atoms with Gasteiger partial charge in [0.05, 0.1) is 11.4 Å². The minimum Gasteiger partial charge on any atom is -0.323 e. The number of nitrogens with one attached hydrogen (secondary N) is 1. The molecule has 0 fully saturated rings. The molecular weight excluding hydrogens is 248 g/mol. The molecule has 0 atom stereocenters. The van der Waals surface area contributed by atoms with Crippen molar-refractivity contribution in [3.8, 4) is 0 Å². The number of nitrogens with zero attached hydrogens (tertiary/aromatic N) is 2. The first kappa shape index (κ1) is 13.8. The molecule has 0 radical (unpaired) electrons. The lowest BCUT2D eigenvalue weighted by Gasteiger charge is -1.95. The van der Waals surface area contributed by atoms with E-state index in [9.17, 15) is 0 Å². The largest absolute Gasteiger partial charge is 0.323 e. The Morgan fingerprint density at radius 3 is 2.75 bits per heavy atom. The quantitative estimate of drug-likeness (QED) is 0.378. The molecule has 1 aromatic carbocycles. The highest BCUT2D eigenvalue weighted by molar-refractivity contribution is 5.96. The van der Waals surface area contributed by atoms with E-state index in [1.165, 1.54) is 0 Å². The summed E-state index contributed by atoms with van der Waals surface area (Å²) < 4.78 is 0. The number of hydrogen-bond acceptors (Lipinski definition) is 3. The van der Waals surface area contributed by atoms with Gasteiger partial charge in [0.25, 0.3) is 0 Å². The summed E-state index contributed by atoms with van der Waals surface area (Å²) in [5.74, 6) is 5.40. The number of benzene rings is 1. The van der Waals surface area contributed by atoms with Gasteiger partial charge in [0.1, 0.15) is 0 Å². The van der Waals surface area contributed by atoms with Crippen LogP contribution in [-0.2, 0) is 6.42 Å². The van der Waals surface area contributed by atoms with Crippen LogP contribution in [0.4, 0.5) is 0 Å². The Hall–Kier alpha value is -2.62. The minimum atomic E-state index is 0.622. The Labute approximate surface area is 118 Å². The summed E-state index contributed by atoms with van der Waals surface area (Å²) in [6.07, 6.45) is 8.44. The van der Waals surface area contributed by atoms with Gasteiger partial charge in [-0.3, -0.25) is 5.10 Å². The van der Waals surface area contributed by atoms with Crippen LogP contribution in [0, 0.1) is 6.92 Å². The SMILES string of the molecule is Cc1cc(CC(/C=C/C=C/c2ccccc2)=N\N)n[nH]1. The molecule has 0 aliphatic heterocycles. The van der Waals surface area contributed by atoms with E-state index in [4.69, 9.17) is 5.84 Å². The standard InChI is InChI=1S/C16H18N4/c1-13-11-16(20-19-13)12-15(18-17)10-6-5-9-14-7-3-2-4-8-14/h2-11H,12,17H2,1H3,(H,19,20)/b9-5+,10-6+,18-15-. The van der Waals surface area contributed by atoms with Crippen molar-refractivity contribution in [2.45, 2.75) is 13.3 Å². The summed E-state index contributed by atoms with van der Waals surface area (Å²) in [5, 5.41) is 10.8. The molecule has 0 spiro atoms. The van der Waals surface area contributed by atoms with Crippen LogP contribution in [0.3, 0.4) is 0 Å². The van der Waals surface area contributed by atoms with Gasteiger partial charge in [0.15, 0.2) is 0 Å². The second-order valence-corrected chi connectivity index (χ2v) is 4.47. The zero-order valence-corrected chi connectivity index (χ0v) is 11.5. The third kappa shape index (κ3) is 4.24. The predicted octanol–water partition coefficient (Wildman–Crippen LogP) is 2.84. The molecule has 0 saturated carbocycles. The average molecular weight is 266 g/mol. The van der Waals surface area contributed by atoms with Crippen LogP contribution >= 0.6 is 0 Å². The molecule has 102 valence electrons. The number of allylic oxidation sites excluding steroid dienone is 3. The molecule has 2 rings (SSSR count). The number of hydrazone groups is 1. The lowest BCUT2D eigenvalue weighted by atomic mass is 10.1. The van der Waals surface area contributed by atoms with Crippen LogP contribution < -0.4 is 5.84 Å².